The van der Waals surface area contributed by atoms with E-state index in [9.17, 15) is 4.79 Å². The molecule has 616 valence electrons. The third-order valence-corrected chi connectivity index (χ3v) is 31.0. The number of H-pyrrole nitrogens is 4. The molecule has 119 heavy (non-hydrogen) atoms. The van der Waals surface area contributed by atoms with Gasteiger partial charge in [0.2, 0.25) is 0 Å². The first kappa shape index (κ1) is 77.2. The van der Waals surface area contributed by atoms with E-state index < -0.39 is 5.60 Å². The van der Waals surface area contributed by atoms with Crippen molar-refractivity contribution in [2.24, 2.45) is 35.5 Å². The maximum atomic E-state index is 13.7. The summed E-state index contributed by atoms with van der Waals surface area (Å²) in [6.45, 7) is 5.88. The number of carbonyl (C=O) groups excluding carboxylic acids is 1. The third kappa shape index (κ3) is 16.3. The second-order valence-corrected chi connectivity index (χ2v) is 40.0. The normalized spacial score (nSPS) is 26.2. The largest absolute Gasteiger partial charge is 0.444 e. The molecule has 12 nitrogen and oxygen atoms in total. The van der Waals surface area contributed by atoms with E-state index in [0.29, 0.717) is 29.8 Å². The van der Waals surface area contributed by atoms with Gasteiger partial charge in [0, 0.05) is 23.9 Å². The van der Waals surface area contributed by atoms with Crippen molar-refractivity contribution < 1.29 is 9.53 Å². The molecule has 6 heterocycles. The number of aromatic amines is 4. The van der Waals surface area contributed by atoms with Gasteiger partial charge in [-0.3, -0.25) is 4.90 Å². The quantitative estimate of drug-likeness (QED) is 0.101. The maximum Gasteiger partial charge on any atom is 0.411 e. The number of nitrogens with one attached hydrogen (secondary N) is 5. The summed E-state index contributed by atoms with van der Waals surface area (Å²) in [7, 11) is 0. The summed E-state index contributed by atoms with van der Waals surface area (Å²) < 4.78 is 6.00. The molecule has 0 spiro atoms. The number of hydrogen-bond acceptors (Lipinski definition) is 7. The van der Waals surface area contributed by atoms with Crippen LogP contribution in [0.3, 0.4) is 0 Å². The number of rotatable bonds is 8. The number of amides is 1. The van der Waals surface area contributed by atoms with Gasteiger partial charge < -0.3 is 30.0 Å². The predicted molar refractivity (Wildman–Crippen MR) is 485 cm³/mol. The first-order chi connectivity index (χ1) is 58.3. The molecule has 14 aliphatic carbocycles. The number of nitrogens with zero attached hydrogens (tertiary/aromatic N) is 5. The van der Waals surface area contributed by atoms with E-state index in [1.54, 1.807) is 0 Å². The lowest BCUT2D eigenvalue weighted by Crippen LogP contribution is -2.43. The average molecular weight is 1580 g/mol. The monoisotopic (exact) mass is 1580 g/mol. The van der Waals surface area contributed by atoms with Crippen LogP contribution in [0.5, 0.6) is 0 Å². The van der Waals surface area contributed by atoms with Gasteiger partial charge in [0.1, 0.15) is 28.9 Å². The summed E-state index contributed by atoms with van der Waals surface area (Å²) in [6.07, 6.45) is 46.7. The predicted octanol–water partition coefficient (Wildman–Crippen LogP) is 26.6. The average Bonchev–Trinajstić information content (AvgIpc) is 1.59. The SMILES string of the molecule is CC(C)(C)OC(=O)N1[C@H](c2nc3ccc(-c4cc5ccc4CCCCc4ccc(c(-c6ccc7nc(C8C[C@H]9CCCC[C@H]9C8)[nH]c7c6)c4)CCCC5)cc3[nH]2)C[C@@H]2CCCC[C@@H]21.c1cc2c(-c3ccc4nc(C5C[C@H]6CCCC[C@H]6C5)[nH]c4c3)cc1CCCCc1ccc(cc1-c1ccc3nc([C@@H]4C[C@@H]5CCCC[C@@H]5N4)[nH]c3c1)CCCC2. The second-order valence-electron chi connectivity index (χ2n) is 40.0. The maximum absolute atomic E-state index is 13.7. The van der Waals surface area contributed by atoms with Crippen LogP contribution >= 0.6 is 0 Å². The van der Waals surface area contributed by atoms with Crippen molar-refractivity contribution >= 4 is 50.2 Å². The van der Waals surface area contributed by atoms with Crippen LogP contribution in [0.15, 0.2) is 146 Å². The van der Waals surface area contributed by atoms with Gasteiger partial charge in [0.15, 0.2) is 0 Å². The molecule has 6 saturated carbocycles. The Kier molecular flexibility index (Phi) is 21.6. The van der Waals surface area contributed by atoms with Crippen LogP contribution < -0.4 is 5.32 Å². The van der Waals surface area contributed by atoms with Crippen molar-refractivity contribution in [1.82, 2.24) is 50.1 Å². The van der Waals surface area contributed by atoms with Crippen LogP contribution in [-0.4, -0.2) is 68.5 Å². The zero-order valence-electron chi connectivity index (χ0n) is 71.2. The van der Waals surface area contributed by atoms with E-state index >= 15 is 0 Å². The number of fused-ring (bicyclic) bond motifs is 8. The van der Waals surface area contributed by atoms with E-state index in [4.69, 9.17) is 24.7 Å². The number of ether oxygens (including phenoxy) is 1. The minimum atomic E-state index is -0.539. The number of hydrogen-bond donors (Lipinski definition) is 5. The van der Waals surface area contributed by atoms with Crippen LogP contribution in [-0.2, 0) is 56.1 Å². The number of imidazole rings is 4. The lowest BCUT2D eigenvalue weighted by atomic mass is 9.82. The fourth-order valence-corrected chi connectivity index (χ4v) is 24.9. The Balaban J connectivity index is 0.000000149. The first-order valence-electron chi connectivity index (χ1n) is 47.6. The second kappa shape index (κ2) is 33.4. The molecule has 2 aliphatic heterocycles. The fourth-order valence-electron chi connectivity index (χ4n) is 24.9. The number of likely N-dealkylation sites (tertiary alicyclic amines) is 1. The first-order valence-corrected chi connectivity index (χ1v) is 47.6. The lowest BCUT2D eigenvalue weighted by molar-refractivity contribution is 0.00951. The molecule has 1 amide bonds. The summed E-state index contributed by atoms with van der Waals surface area (Å²) in [5, 5.41) is 3.93. The van der Waals surface area contributed by atoms with Gasteiger partial charge in [-0.25, -0.2) is 24.7 Å². The van der Waals surface area contributed by atoms with Crippen LogP contribution in [0.4, 0.5) is 4.79 Å². The Morgan fingerprint density at radius 3 is 1.07 bits per heavy atom. The standard InChI is InChI=1S/C56H67N5O2.C51H59N5/c1-56(2,3)63-55(62)61-51-19-11-10-18-43(51)34-52(61)54-58-48-27-25-42(33-50(48)60-54)46-29-36-13-4-6-14-37-22-20-35(12-5-7-15-38(46)23-21-36)28-45(37)41-24-26-47-49(32-41)59-53(57-47)44-30-39-16-8-9-17-40(39)31-44;1-3-11-34-19-17-32(25-42(34)38-21-23-45-47(29-38)55-50(53-45)41-27-36-13-5-6-14-37(36)28-41)9-2-4-12-35-20-18-33(10-1)26-43(35)39-22-24-46-48(30-39)56-51(54-46)49-31-40-15-7-8-16-44(40)52-49/h20-29,32-33,39-40,43-44,51-52H,4-19,30-31,34H2,1-3H3,(H,57,59)(H,58,60);17-26,29-30,36-37,40-41,44,49,52H,1-16,27-28,31H2,(H,53,55)(H,54,56)/t39-,40+,43-,44?,51-,52-;36-,37+,40-,41?,44-,49-/m00/s1. The summed E-state index contributed by atoms with van der Waals surface area (Å²) in [5.74, 6) is 10.7. The number of benzene rings is 8. The van der Waals surface area contributed by atoms with E-state index in [2.05, 4.69) is 171 Å². The highest BCUT2D eigenvalue weighted by molar-refractivity contribution is 5.87. The van der Waals surface area contributed by atoms with Crippen LogP contribution in [0, 0.1) is 35.5 Å². The van der Waals surface area contributed by atoms with Gasteiger partial charge in [0.25, 0.3) is 0 Å². The van der Waals surface area contributed by atoms with Crippen LogP contribution in [0.2, 0.25) is 0 Å². The molecule has 4 aromatic heterocycles. The van der Waals surface area contributed by atoms with Crippen molar-refractivity contribution in [2.45, 2.75) is 306 Å². The van der Waals surface area contributed by atoms with Crippen molar-refractivity contribution in [2.75, 3.05) is 0 Å². The molecule has 12 heteroatoms. The number of aryl methyl sites for hydroxylation is 8. The molecular formula is C107H126N10O2. The van der Waals surface area contributed by atoms with Crippen molar-refractivity contribution in [1.29, 1.82) is 0 Å². The van der Waals surface area contributed by atoms with Gasteiger partial charge in [-0.15, -0.1) is 0 Å². The van der Waals surface area contributed by atoms with Crippen LogP contribution in [0.1, 0.15) is 305 Å². The molecule has 2 saturated heterocycles. The lowest BCUT2D eigenvalue weighted by Gasteiger charge is -2.34. The van der Waals surface area contributed by atoms with E-state index in [-0.39, 0.29) is 18.2 Å². The Bertz CT molecular complexity index is 5480. The van der Waals surface area contributed by atoms with Crippen molar-refractivity contribution in [3.8, 4) is 44.5 Å². The number of aromatic nitrogens is 8. The zero-order valence-corrected chi connectivity index (χ0v) is 71.2. The van der Waals surface area contributed by atoms with E-state index in [1.807, 2.05) is 25.7 Å². The molecule has 28 rings (SSSR count). The molecule has 0 radical (unpaired) electrons. The van der Waals surface area contributed by atoms with E-state index in [0.717, 1.165) is 165 Å². The van der Waals surface area contributed by atoms with Gasteiger partial charge in [-0.1, -0.05) is 174 Å². The summed E-state index contributed by atoms with van der Waals surface area (Å²) in [4.78, 5) is 51.5. The highest BCUT2D eigenvalue weighted by Gasteiger charge is 2.48. The minimum Gasteiger partial charge on any atom is -0.444 e. The Morgan fingerprint density at radius 1 is 0.336 bits per heavy atom. The molecule has 12 atom stereocenters. The topological polar surface area (TPSA) is 156 Å². The molecule has 8 fully saturated rings. The number of carbonyl (C=O) groups is 1. The Hall–Kier alpha value is -9.13. The summed E-state index contributed by atoms with van der Waals surface area (Å²) >= 11 is 0. The van der Waals surface area contributed by atoms with E-state index in [1.165, 1.54) is 265 Å². The van der Waals surface area contributed by atoms with Gasteiger partial charge in [-0.2, -0.15) is 0 Å². The minimum absolute atomic E-state index is 0.0967. The smallest absolute Gasteiger partial charge is 0.411 e. The Morgan fingerprint density at radius 2 is 0.672 bits per heavy atom. The summed E-state index contributed by atoms with van der Waals surface area (Å²) in [6, 6.07) is 58.2. The molecular weight excluding hydrogens is 1460 g/mol. The molecule has 16 aliphatic rings. The molecule has 12 aromatic rings. The van der Waals surface area contributed by atoms with Gasteiger partial charge in [-0.05, 0) is 361 Å². The Labute approximate surface area is 705 Å². The fraction of sp³-hybridized carbons (Fsp3) is 0.505. The third-order valence-electron chi connectivity index (χ3n) is 31.0. The van der Waals surface area contributed by atoms with Gasteiger partial charge >= 0.3 is 6.09 Å². The van der Waals surface area contributed by atoms with Crippen molar-refractivity contribution in [3.05, 3.63) is 213 Å². The summed E-state index contributed by atoms with van der Waals surface area (Å²) in [5.41, 5.74) is 30.7. The molecule has 8 aromatic carbocycles. The highest BCUT2D eigenvalue weighted by atomic mass is 16.6. The highest BCUT2D eigenvalue weighted by Crippen LogP contribution is 2.52. The van der Waals surface area contributed by atoms with Gasteiger partial charge in [0.05, 0.1) is 56.2 Å². The van der Waals surface area contributed by atoms with Crippen molar-refractivity contribution in [3.63, 3.8) is 0 Å². The molecule has 8 bridgehead atoms. The van der Waals surface area contributed by atoms with Crippen LogP contribution in [0.25, 0.3) is 88.6 Å². The molecule has 5 N–H and O–H groups in total. The zero-order chi connectivity index (χ0) is 79.7. The molecule has 2 unspecified atom stereocenters.